The predicted molar refractivity (Wildman–Crippen MR) is 61.0 cm³/mol. The second-order valence-corrected chi connectivity index (χ2v) is 5.39. The number of nitrogens with zero attached hydrogens (tertiary/aromatic N) is 1. The van der Waals surface area contributed by atoms with Crippen LogP contribution in [0.2, 0.25) is 0 Å². The van der Waals surface area contributed by atoms with E-state index in [0.717, 1.165) is 19.5 Å². The van der Waals surface area contributed by atoms with Crippen LogP contribution in [0.25, 0.3) is 0 Å². The lowest BCUT2D eigenvalue weighted by atomic mass is 9.75. The molecular formula is C12H21NO3. The van der Waals surface area contributed by atoms with E-state index in [1.54, 1.807) is 0 Å². The first-order chi connectivity index (χ1) is 7.33. The lowest BCUT2D eigenvalue weighted by molar-refractivity contribution is -0.142. The minimum Gasteiger partial charge on any atom is -0.481 e. The molecule has 1 aliphatic heterocycles. The van der Waals surface area contributed by atoms with E-state index in [0.29, 0.717) is 5.92 Å². The quantitative estimate of drug-likeness (QED) is 0.799. The summed E-state index contributed by atoms with van der Waals surface area (Å²) in [7, 11) is 0. The Hall–Kier alpha value is -1.06. The van der Waals surface area contributed by atoms with Gasteiger partial charge in [0.1, 0.15) is 0 Å². The van der Waals surface area contributed by atoms with Gasteiger partial charge in [-0.15, -0.1) is 0 Å². The molecule has 0 radical (unpaired) electrons. The molecule has 1 aliphatic rings. The van der Waals surface area contributed by atoms with Crippen molar-refractivity contribution in [1.29, 1.82) is 0 Å². The zero-order valence-corrected chi connectivity index (χ0v) is 10.3. The molecule has 0 aromatic carbocycles. The molecule has 0 aliphatic carbocycles. The van der Waals surface area contributed by atoms with Crippen LogP contribution in [0, 0.1) is 11.3 Å². The van der Waals surface area contributed by atoms with E-state index in [1.165, 1.54) is 0 Å². The van der Waals surface area contributed by atoms with Crippen molar-refractivity contribution < 1.29 is 14.7 Å². The lowest BCUT2D eigenvalue weighted by Crippen LogP contribution is -2.47. The monoisotopic (exact) mass is 227 g/mol. The molecule has 0 saturated carbocycles. The average Bonchev–Trinajstić information content (AvgIpc) is 2.18. The third-order valence-corrected chi connectivity index (χ3v) is 3.67. The zero-order valence-electron chi connectivity index (χ0n) is 10.3. The van der Waals surface area contributed by atoms with E-state index in [-0.39, 0.29) is 24.2 Å². The highest BCUT2D eigenvalue weighted by Crippen LogP contribution is 2.34. The summed E-state index contributed by atoms with van der Waals surface area (Å²) in [6.45, 7) is 8.04. The molecule has 0 aromatic heterocycles. The molecule has 4 heteroatoms. The second kappa shape index (κ2) is 4.85. The third kappa shape index (κ3) is 3.22. The molecule has 0 aromatic rings. The maximum absolute atomic E-state index is 11.8. The fourth-order valence-corrected chi connectivity index (χ4v) is 2.05. The summed E-state index contributed by atoms with van der Waals surface area (Å²) in [5.41, 5.74) is 0.136. The van der Waals surface area contributed by atoms with Gasteiger partial charge >= 0.3 is 5.97 Å². The van der Waals surface area contributed by atoms with Crippen LogP contribution in [0.1, 0.15) is 40.0 Å². The van der Waals surface area contributed by atoms with E-state index < -0.39 is 5.97 Å². The molecule has 1 amide bonds. The van der Waals surface area contributed by atoms with E-state index in [4.69, 9.17) is 5.11 Å². The van der Waals surface area contributed by atoms with Gasteiger partial charge in [-0.05, 0) is 17.8 Å². The summed E-state index contributed by atoms with van der Waals surface area (Å²) >= 11 is 0. The maximum Gasteiger partial charge on any atom is 0.303 e. The van der Waals surface area contributed by atoms with Gasteiger partial charge in [-0.2, -0.15) is 0 Å². The van der Waals surface area contributed by atoms with E-state index >= 15 is 0 Å². The Kier molecular flexibility index (Phi) is 3.94. The topological polar surface area (TPSA) is 57.6 Å². The third-order valence-electron chi connectivity index (χ3n) is 3.67. The first-order valence-electron chi connectivity index (χ1n) is 5.82. The van der Waals surface area contributed by atoms with Gasteiger partial charge in [0.15, 0.2) is 0 Å². The standard InChI is InChI=1S/C12H21NO3/c1-9-6-7-13(8-12(9,2)3)10(14)4-5-11(15)16/h9H,4-8H2,1-3H3,(H,15,16). The van der Waals surface area contributed by atoms with E-state index in [9.17, 15) is 9.59 Å². The molecule has 1 saturated heterocycles. The minimum absolute atomic E-state index is 0.0256. The van der Waals surface area contributed by atoms with Crippen molar-refractivity contribution in [2.24, 2.45) is 11.3 Å². The van der Waals surface area contributed by atoms with Crippen LogP contribution in [0.4, 0.5) is 0 Å². The molecule has 1 heterocycles. The maximum atomic E-state index is 11.8. The number of carboxylic acids is 1. The molecular weight excluding hydrogens is 206 g/mol. The van der Waals surface area contributed by atoms with Gasteiger partial charge in [0.25, 0.3) is 0 Å². The Morgan fingerprint density at radius 3 is 2.50 bits per heavy atom. The molecule has 0 spiro atoms. The summed E-state index contributed by atoms with van der Waals surface area (Å²) < 4.78 is 0. The molecule has 1 rings (SSSR count). The fourth-order valence-electron chi connectivity index (χ4n) is 2.05. The van der Waals surface area contributed by atoms with Crippen molar-refractivity contribution >= 4 is 11.9 Å². The molecule has 16 heavy (non-hydrogen) atoms. The van der Waals surface area contributed by atoms with Gasteiger partial charge in [0, 0.05) is 19.5 Å². The van der Waals surface area contributed by atoms with Gasteiger partial charge in [0.05, 0.1) is 6.42 Å². The Balaban J connectivity index is 2.49. The van der Waals surface area contributed by atoms with Crippen LogP contribution in [0.5, 0.6) is 0 Å². The fraction of sp³-hybridized carbons (Fsp3) is 0.833. The normalized spacial score (nSPS) is 24.2. The van der Waals surface area contributed by atoms with Gasteiger partial charge in [-0.1, -0.05) is 20.8 Å². The van der Waals surface area contributed by atoms with Crippen LogP contribution in [-0.4, -0.2) is 35.0 Å². The smallest absolute Gasteiger partial charge is 0.303 e. The number of aliphatic carboxylic acids is 1. The minimum atomic E-state index is -0.905. The highest BCUT2D eigenvalue weighted by atomic mass is 16.4. The Labute approximate surface area is 96.6 Å². The van der Waals surface area contributed by atoms with E-state index in [1.807, 2.05) is 4.90 Å². The van der Waals surface area contributed by atoms with Crippen molar-refractivity contribution in [2.75, 3.05) is 13.1 Å². The van der Waals surface area contributed by atoms with Crippen molar-refractivity contribution in [3.8, 4) is 0 Å². The largest absolute Gasteiger partial charge is 0.481 e. The number of hydrogen-bond donors (Lipinski definition) is 1. The summed E-state index contributed by atoms with van der Waals surface area (Å²) in [5, 5.41) is 8.53. The number of piperidine rings is 1. The van der Waals surface area contributed by atoms with Crippen LogP contribution in [0.15, 0.2) is 0 Å². The molecule has 92 valence electrons. The Bertz CT molecular complexity index is 286. The van der Waals surface area contributed by atoms with Gasteiger partial charge in [-0.3, -0.25) is 9.59 Å². The van der Waals surface area contributed by atoms with Crippen LogP contribution >= 0.6 is 0 Å². The molecule has 1 atom stereocenters. The number of hydrogen-bond acceptors (Lipinski definition) is 2. The number of carbonyl (C=O) groups excluding carboxylic acids is 1. The molecule has 1 unspecified atom stereocenters. The van der Waals surface area contributed by atoms with Crippen molar-refractivity contribution in [3.63, 3.8) is 0 Å². The number of likely N-dealkylation sites (tertiary alicyclic amines) is 1. The van der Waals surface area contributed by atoms with Crippen LogP contribution < -0.4 is 0 Å². The van der Waals surface area contributed by atoms with Gasteiger partial charge in [-0.25, -0.2) is 0 Å². The summed E-state index contributed by atoms with van der Waals surface area (Å²) in [6, 6.07) is 0. The zero-order chi connectivity index (χ0) is 12.3. The van der Waals surface area contributed by atoms with E-state index in [2.05, 4.69) is 20.8 Å². The van der Waals surface area contributed by atoms with Crippen molar-refractivity contribution in [2.45, 2.75) is 40.0 Å². The molecule has 1 N–H and O–H groups in total. The molecule has 4 nitrogen and oxygen atoms in total. The SMILES string of the molecule is CC1CCN(C(=O)CCC(=O)O)CC1(C)C. The Morgan fingerprint density at radius 2 is 2.00 bits per heavy atom. The summed E-state index contributed by atoms with van der Waals surface area (Å²) in [6.07, 6.45) is 1.07. The lowest BCUT2D eigenvalue weighted by Gasteiger charge is -2.43. The van der Waals surface area contributed by atoms with Crippen LogP contribution in [-0.2, 0) is 9.59 Å². The average molecular weight is 227 g/mol. The van der Waals surface area contributed by atoms with Crippen molar-refractivity contribution in [1.82, 2.24) is 4.90 Å². The molecule has 0 bridgehead atoms. The number of rotatable bonds is 3. The van der Waals surface area contributed by atoms with Crippen LogP contribution in [0.3, 0.4) is 0 Å². The first kappa shape index (κ1) is 13.0. The number of amides is 1. The highest BCUT2D eigenvalue weighted by molar-refractivity contribution is 5.80. The number of carbonyl (C=O) groups is 2. The highest BCUT2D eigenvalue weighted by Gasteiger charge is 2.34. The first-order valence-corrected chi connectivity index (χ1v) is 5.82. The van der Waals surface area contributed by atoms with Gasteiger partial charge in [0.2, 0.25) is 5.91 Å². The predicted octanol–water partition coefficient (Wildman–Crippen LogP) is 1.75. The summed E-state index contributed by atoms with van der Waals surface area (Å²) in [4.78, 5) is 24.0. The number of carboxylic acid groups (broad SMARTS) is 1. The second-order valence-electron chi connectivity index (χ2n) is 5.39. The summed E-state index contributed by atoms with van der Waals surface area (Å²) in [5.74, 6) is -0.323. The van der Waals surface area contributed by atoms with Gasteiger partial charge < -0.3 is 10.0 Å². The molecule has 1 fully saturated rings. The Morgan fingerprint density at radius 1 is 1.38 bits per heavy atom. The van der Waals surface area contributed by atoms with Crippen molar-refractivity contribution in [3.05, 3.63) is 0 Å².